The van der Waals surface area contributed by atoms with E-state index in [9.17, 15) is 13.4 Å². The Morgan fingerprint density at radius 3 is 2.70 bits per heavy atom. The van der Waals surface area contributed by atoms with Crippen molar-refractivity contribution in [1.29, 1.82) is 0 Å². The number of hydrogen-bond donors (Lipinski definition) is 1. The summed E-state index contributed by atoms with van der Waals surface area (Å²) in [6.45, 7) is 0.473. The third-order valence-electron chi connectivity index (χ3n) is 2.98. The zero-order valence-corrected chi connectivity index (χ0v) is 11.6. The standard InChI is InChI=1S/C14H14FNO3S/c15-13-10-11(2-1-7-17)3-4-12(13)14(18)16-5-8-20(19)9-6-16/h3-4,10,17H,5-9H2. The van der Waals surface area contributed by atoms with Gasteiger partial charge in [0.25, 0.3) is 5.91 Å². The maximum atomic E-state index is 13.9. The maximum absolute atomic E-state index is 13.9. The van der Waals surface area contributed by atoms with Gasteiger partial charge in [-0.1, -0.05) is 11.8 Å². The summed E-state index contributed by atoms with van der Waals surface area (Å²) in [5.74, 6) is 4.85. The predicted octanol–water partition coefficient (Wildman–Crippen LogP) is 0.374. The van der Waals surface area contributed by atoms with Gasteiger partial charge in [0.2, 0.25) is 0 Å². The lowest BCUT2D eigenvalue weighted by Crippen LogP contribution is -2.42. The molecule has 0 saturated carbocycles. The van der Waals surface area contributed by atoms with Crippen molar-refractivity contribution >= 4 is 16.7 Å². The van der Waals surface area contributed by atoms with Crippen LogP contribution in [0.4, 0.5) is 4.39 Å². The highest BCUT2D eigenvalue weighted by atomic mass is 32.2. The van der Waals surface area contributed by atoms with E-state index in [1.165, 1.54) is 17.0 Å². The molecule has 106 valence electrons. The number of carbonyl (C=O) groups excluding carboxylic acids is 1. The highest BCUT2D eigenvalue weighted by Gasteiger charge is 2.23. The van der Waals surface area contributed by atoms with Gasteiger partial charge in [0.1, 0.15) is 12.4 Å². The van der Waals surface area contributed by atoms with E-state index >= 15 is 0 Å². The molecule has 1 aliphatic rings. The summed E-state index contributed by atoms with van der Waals surface area (Å²) in [6.07, 6.45) is 0. The molecule has 1 aromatic carbocycles. The van der Waals surface area contributed by atoms with Crippen LogP contribution in [0.3, 0.4) is 0 Å². The van der Waals surface area contributed by atoms with Crippen LogP contribution in [-0.2, 0) is 10.8 Å². The minimum Gasteiger partial charge on any atom is -0.384 e. The average molecular weight is 295 g/mol. The summed E-state index contributed by atoms with van der Waals surface area (Å²) in [5.41, 5.74) is 0.403. The molecule has 0 radical (unpaired) electrons. The molecule has 1 aliphatic heterocycles. The normalized spacial score (nSPS) is 15.6. The molecule has 0 spiro atoms. The van der Waals surface area contributed by atoms with Gasteiger partial charge in [-0.3, -0.25) is 9.00 Å². The van der Waals surface area contributed by atoms with Crippen LogP contribution >= 0.6 is 0 Å². The Morgan fingerprint density at radius 1 is 1.40 bits per heavy atom. The molecular formula is C14H14FNO3S. The number of nitrogens with zero attached hydrogens (tertiary/aromatic N) is 1. The number of hydrogen-bond acceptors (Lipinski definition) is 3. The lowest BCUT2D eigenvalue weighted by molar-refractivity contribution is 0.0766. The quantitative estimate of drug-likeness (QED) is 0.762. The van der Waals surface area contributed by atoms with E-state index in [0.717, 1.165) is 0 Å². The Labute approximate surface area is 119 Å². The van der Waals surface area contributed by atoms with Crippen LogP contribution in [0.15, 0.2) is 18.2 Å². The Morgan fingerprint density at radius 2 is 2.10 bits per heavy atom. The number of carbonyl (C=O) groups is 1. The molecule has 0 unspecified atom stereocenters. The largest absolute Gasteiger partial charge is 0.384 e. The number of amides is 1. The van der Waals surface area contributed by atoms with Gasteiger partial charge in [0.05, 0.1) is 5.56 Å². The minimum absolute atomic E-state index is 0.00719. The van der Waals surface area contributed by atoms with Crippen molar-refractivity contribution in [2.75, 3.05) is 31.2 Å². The summed E-state index contributed by atoms with van der Waals surface area (Å²) in [5, 5.41) is 8.58. The number of rotatable bonds is 1. The molecule has 4 nitrogen and oxygen atoms in total. The van der Waals surface area contributed by atoms with Crippen LogP contribution in [0, 0.1) is 17.7 Å². The fraction of sp³-hybridized carbons (Fsp3) is 0.357. The Hall–Kier alpha value is -1.71. The molecular weight excluding hydrogens is 281 g/mol. The van der Waals surface area contributed by atoms with Gasteiger partial charge in [-0.05, 0) is 18.2 Å². The first-order chi connectivity index (χ1) is 9.61. The first-order valence-corrected chi connectivity index (χ1v) is 7.64. The molecule has 1 heterocycles. The molecule has 1 aromatic rings. The number of aliphatic hydroxyl groups is 1. The van der Waals surface area contributed by atoms with Gasteiger partial charge < -0.3 is 10.0 Å². The lowest BCUT2D eigenvalue weighted by Gasteiger charge is -2.26. The van der Waals surface area contributed by atoms with Crippen molar-refractivity contribution in [3.05, 3.63) is 35.1 Å². The zero-order chi connectivity index (χ0) is 14.5. The van der Waals surface area contributed by atoms with Crippen LogP contribution in [0.2, 0.25) is 0 Å². The second-order valence-electron chi connectivity index (χ2n) is 4.29. The van der Waals surface area contributed by atoms with Crippen molar-refractivity contribution in [2.24, 2.45) is 0 Å². The molecule has 20 heavy (non-hydrogen) atoms. The minimum atomic E-state index is -0.876. The van der Waals surface area contributed by atoms with Crippen molar-refractivity contribution in [3.8, 4) is 11.8 Å². The molecule has 0 aromatic heterocycles. The fourth-order valence-corrected chi connectivity index (χ4v) is 2.97. The van der Waals surface area contributed by atoms with Crippen molar-refractivity contribution in [3.63, 3.8) is 0 Å². The first-order valence-electron chi connectivity index (χ1n) is 6.15. The zero-order valence-electron chi connectivity index (χ0n) is 10.8. The van der Waals surface area contributed by atoms with E-state index < -0.39 is 16.6 Å². The van der Waals surface area contributed by atoms with Crippen molar-refractivity contribution in [2.45, 2.75) is 0 Å². The van der Waals surface area contributed by atoms with E-state index in [2.05, 4.69) is 11.8 Å². The van der Waals surface area contributed by atoms with E-state index in [0.29, 0.717) is 30.2 Å². The molecule has 0 atom stereocenters. The highest BCUT2D eigenvalue weighted by Crippen LogP contribution is 2.14. The van der Waals surface area contributed by atoms with Gasteiger partial charge in [-0.25, -0.2) is 4.39 Å². The summed E-state index contributed by atoms with van der Waals surface area (Å²) >= 11 is 0. The molecule has 6 heteroatoms. The van der Waals surface area contributed by atoms with Gasteiger partial charge in [-0.2, -0.15) is 0 Å². The van der Waals surface area contributed by atoms with Crippen LogP contribution in [-0.4, -0.2) is 51.3 Å². The maximum Gasteiger partial charge on any atom is 0.256 e. The van der Waals surface area contributed by atoms with E-state index in [-0.39, 0.29) is 18.1 Å². The van der Waals surface area contributed by atoms with Gasteiger partial charge in [0, 0.05) is 41.0 Å². The molecule has 1 fully saturated rings. The molecule has 0 aliphatic carbocycles. The monoisotopic (exact) mass is 295 g/mol. The van der Waals surface area contributed by atoms with Gasteiger partial charge in [0.15, 0.2) is 0 Å². The number of benzene rings is 1. The number of aliphatic hydroxyl groups excluding tert-OH is 1. The van der Waals surface area contributed by atoms with Gasteiger partial charge in [-0.15, -0.1) is 0 Å². The second kappa shape index (κ2) is 6.64. The summed E-state index contributed by atoms with van der Waals surface area (Å²) in [4.78, 5) is 13.7. The summed E-state index contributed by atoms with van der Waals surface area (Å²) in [6, 6.07) is 4.11. The molecule has 1 saturated heterocycles. The Bertz CT molecular complexity index is 596. The van der Waals surface area contributed by atoms with Crippen LogP contribution in [0.1, 0.15) is 15.9 Å². The van der Waals surface area contributed by atoms with Crippen LogP contribution in [0.25, 0.3) is 0 Å². The number of halogens is 1. The van der Waals surface area contributed by atoms with Crippen molar-refractivity contribution in [1.82, 2.24) is 4.90 Å². The van der Waals surface area contributed by atoms with Gasteiger partial charge >= 0.3 is 0 Å². The predicted molar refractivity (Wildman–Crippen MR) is 74.1 cm³/mol. The smallest absolute Gasteiger partial charge is 0.256 e. The Balaban J connectivity index is 2.16. The van der Waals surface area contributed by atoms with Crippen LogP contribution < -0.4 is 0 Å². The average Bonchev–Trinajstić information content (AvgIpc) is 2.45. The molecule has 1 amide bonds. The van der Waals surface area contributed by atoms with Crippen molar-refractivity contribution < 1.29 is 18.5 Å². The summed E-state index contributed by atoms with van der Waals surface area (Å²) in [7, 11) is -0.876. The molecule has 1 N–H and O–H groups in total. The highest BCUT2D eigenvalue weighted by molar-refractivity contribution is 7.85. The topological polar surface area (TPSA) is 57.6 Å². The molecule has 0 bridgehead atoms. The van der Waals surface area contributed by atoms with E-state index in [1.807, 2.05) is 0 Å². The third-order valence-corrected chi connectivity index (χ3v) is 4.25. The van der Waals surface area contributed by atoms with Crippen LogP contribution in [0.5, 0.6) is 0 Å². The van der Waals surface area contributed by atoms with E-state index in [4.69, 9.17) is 5.11 Å². The van der Waals surface area contributed by atoms with E-state index in [1.54, 1.807) is 6.07 Å². The lowest BCUT2D eigenvalue weighted by atomic mass is 10.1. The first kappa shape index (κ1) is 14.7. The fourth-order valence-electron chi connectivity index (χ4n) is 1.92. The Kier molecular flexibility index (Phi) is 4.88. The third kappa shape index (κ3) is 3.44. The second-order valence-corrected chi connectivity index (χ2v) is 5.99. The molecule has 2 rings (SSSR count). The SMILES string of the molecule is O=C(c1ccc(C#CCO)cc1F)N1CCS(=O)CC1. The summed E-state index contributed by atoms with van der Waals surface area (Å²) < 4.78 is 25.2.